The molecule has 0 unspecified atom stereocenters. The van der Waals surface area contributed by atoms with Crippen LogP contribution in [-0.4, -0.2) is 26.2 Å². The fraction of sp³-hybridized carbons (Fsp3) is 0.833. The maximum Gasteiger partial charge on any atom is 0.305 e. The van der Waals surface area contributed by atoms with Crippen LogP contribution in [0.2, 0.25) is 0 Å². The van der Waals surface area contributed by atoms with Gasteiger partial charge in [0.25, 0.3) is 0 Å². The van der Waals surface area contributed by atoms with Crippen molar-refractivity contribution in [2.45, 2.75) is 38.5 Å². The quantitative estimate of drug-likeness (QED) is 0.690. The molecule has 92 valence electrons. The van der Waals surface area contributed by atoms with Gasteiger partial charge in [0.1, 0.15) is 0 Å². The lowest BCUT2D eigenvalue weighted by Crippen LogP contribution is -2.20. The average molecular weight is 228 g/mol. The van der Waals surface area contributed by atoms with Crippen molar-refractivity contribution in [3.05, 3.63) is 0 Å². The van der Waals surface area contributed by atoms with E-state index in [2.05, 4.69) is 9.47 Å². The summed E-state index contributed by atoms with van der Waals surface area (Å²) in [4.78, 5) is 22.2. The molecule has 0 radical (unpaired) electrons. The van der Waals surface area contributed by atoms with Crippen LogP contribution in [0.1, 0.15) is 38.5 Å². The second-order valence-corrected chi connectivity index (χ2v) is 4.45. The third kappa shape index (κ3) is 4.21. The van der Waals surface area contributed by atoms with Crippen LogP contribution in [0.15, 0.2) is 0 Å². The van der Waals surface area contributed by atoms with E-state index in [0.29, 0.717) is 24.7 Å². The van der Waals surface area contributed by atoms with Crippen molar-refractivity contribution in [2.75, 3.05) is 14.2 Å². The zero-order chi connectivity index (χ0) is 12.0. The fourth-order valence-corrected chi connectivity index (χ4v) is 2.28. The molecule has 1 aliphatic rings. The lowest BCUT2D eigenvalue weighted by atomic mass is 9.79. The Hall–Kier alpha value is -1.06. The number of hydrogen-bond acceptors (Lipinski definition) is 4. The lowest BCUT2D eigenvalue weighted by Gasteiger charge is -2.27. The van der Waals surface area contributed by atoms with Gasteiger partial charge in [0.2, 0.25) is 0 Å². The SMILES string of the molecule is COC(=O)CC1CCC(CC(=O)OC)CC1. The highest BCUT2D eigenvalue weighted by Gasteiger charge is 2.24. The number of carbonyl (C=O) groups is 2. The first-order valence-electron chi connectivity index (χ1n) is 5.79. The zero-order valence-corrected chi connectivity index (χ0v) is 10.0. The zero-order valence-electron chi connectivity index (χ0n) is 10.0. The van der Waals surface area contributed by atoms with E-state index in [0.717, 1.165) is 25.7 Å². The van der Waals surface area contributed by atoms with Crippen molar-refractivity contribution in [1.29, 1.82) is 0 Å². The smallest absolute Gasteiger partial charge is 0.305 e. The summed E-state index contributed by atoms with van der Waals surface area (Å²) in [5, 5.41) is 0. The third-order valence-electron chi connectivity index (χ3n) is 3.33. The topological polar surface area (TPSA) is 52.6 Å². The summed E-state index contributed by atoms with van der Waals surface area (Å²) in [6, 6.07) is 0. The molecule has 0 bridgehead atoms. The molecule has 16 heavy (non-hydrogen) atoms. The Bertz CT molecular complexity index is 215. The maximum absolute atomic E-state index is 11.1. The molecule has 4 heteroatoms. The first-order valence-corrected chi connectivity index (χ1v) is 5.79. The Labute approximate surface area is 96.3 Å². The molecule has 0 aromatic rings. The summed E-state index contributed by atoms with van der Waals surface area (Å²) in [5.41, 5.74) is 0. The van der Waals surface area contributed by atoms with E-state index in [1.807, 2.05) is 0 Å². The van der Waals surface area contributed by atoms with Crippen LogP contribution >= 0.6 is 0 Å². The number of ether oxygens (including phenoxy) is 2. The van der Waals surface area contributed by atoms with E-state index in [1.54, 1.807) is 0 Å². The number of methoxy groups -OCH3 is 2. The molecule has 4 nitrogen and oxygen atoms in total. The third-order valence-corrected chi connectivity index (χ3v) is 3.33. The fourth-order valence-electron chi connectivity index (χ4n) is 2.28. The van der Waals surface area contributed by atoms with Gasteiger partial charge in [-0.1, -0.05) is 0 Å². The van der Waals surface area contributed by atoms with Crippen molar-refractivity contribution in [3.63, 3.8) is 0 Å². The van der Waals surface area contributed by atoms with Crippen LogP contribution in [0.5, 0.6) is 0 Å². The largest absolute Gasteiger partial charge is 0.469 e. The Balaban J connectivity index is 2.23. The van der Waals surface area contributed by atoms with Crippen molar-refractivity contribution in [3.8, 4) is 0 Å². The molecule has 0 saturated heterocycles. The van der Waals surface area contributed by atoms with Gasteiger partial charge in [0.05, 0.1) is 14.2 Å². The first kappa shape index (κ1) is 13.0. The minimum absolute atomic E-state index is 0.128. The maximum atomic E-state index is 11.1. The number of esters is 2. The van der Waals surface area contributed by atoms with Crippen molar-refractivity contribution in [2.24, 2.45) is 11.8 Å². The van der Waals surface area contributed by atoms with Crippen LogP contribution in [0.3, 0.4) is 0 Å². The van der Waals surface area contributed by atoms with E-state index < -0.39 is 0 Å². The minimum atomic E-state index is -0.128. The van der Waals surface area contributed by atoms with Gasteiger partial charge >= 0.3 is 11.9 Å². The molecule has 0 aliphatic heterocycles. The summed E-state index contributed by atoms with van der Waals surface area (Å²) in [7, 11) is 2.84. The van der Waals surface area contributed by atoms with Gasteiger partial charge in [0, 0.05) is 12.8 Å². The molecular formula is C12H20O4. The van der Waals surface area contributed by atoms with Crippen LogP contribution in [-0.2, 0) is 19.1 Å². The van der Waals surface area contributed by atoms with E-state index in [9.17, 15) is 9.59 Å². The Morgan fingerprint density at radius 1 is 0.875 bits per heavy atom. The summed E-state index contributed by atoms with van der Waals surface area (Å²) in [6.07, 6.45) is 5.07. The van der Waals surface area contributed by atoms with Gasteiger partial charge in [-0.25, -0.2) is 0 Å². The molecule has 1 rings (SSSR count). The van der Waals surface area contributed by atoms with Crippen LogP contribution in [0, 0.1) is 11.8 Å². The van der Waals surface area contributed by atoms with Gasteiger partial charge in [0.15, 0.2) is 0 Å². The standard InChI is InChI=1S/C12H20O4/c1-15-11(13)7-9-3-5-10(6-4-9)8-12(14)16-2/h9-10H,3-8H2,1-2H3. The van der Waals surface area contributed by atoms with Gasteiger partial charge in [-0.05, 0) is 37.5 Å². The highest BCUT2D eigenvalue weighted by atomic mass is 16.5. The summed E-state index contributed by atoms with van der Waals surface area (Å²) in [6.45, 7) is 0. The first-order chi connectivity index (χ1) is 7.65. The van der Waals surface area contributed by atoms with Gasteiger partial charge < -0.3 is 9.47 Å². The number of hydrogen-bond donors (Lipinski definition) is 0. The molecule has 0 aromatic carbocycles. The molecule has 0 atom stereocenters. The molecule has 0 spiro atoms. The van der Waals surface area contributed by atoms with Crippen molar-refractivity contribution >= 4 is 11.9 Å². The highest BCUT2D eigenvalue weighted by Crippen LogP contribution is 2.32. The Kier molecular flexibility index (Phi) is 5.29. The normalized spacial score (nSPS) is 24.9. The van der Waals surface area contributed by atoms with E-state index >= 15 is 0 Å². The summed E-state index contributed by atoms with van der Waals surface area (Å²) < 4.78 is 9.30. The molecular weight excluding hydrogens is 208 g/mol. The predicted molar refractivity (Wildman–Crippen MR) is 58.7 cm³/mol. The van der Waals surface area contributed by atoms with E-state index in [4.69, 9.17) is 0 Å². The Morgan fingerprint density at radius 2 is 1.19 bits per heavy atom. The monoisotopic (exact) mass is 228 g/mol. The molecule has 1 saturated carbocycles. The summed E-state index contributed by atoms with van der Waals surface area (Å²) in [5.74, 6) is 0.607. The van der Waals surface area contributed by atoms with Crippen LogP contribution in [0.4, 0.5) is 0 Å². The second-order valence-electron chi connectivity index (χ2n) is 4.45. The van der Waals surface area contributed by atoms with Gasteiger partial charge in [-0.15, -0.1) is 0 Å². The van der Waals surface area contributed by atoms with Crippen molar-refractivity contribution in [1.82, 2.24) is 0 Å². The number of carbonyl (C=O) groups excluding carboxylic acids is 2. The lowest BCUT2D eigenvalue weighted by molar-refractivity contribution is -0.144. The number of rotatable bonds is 4. The molecule has 0 amide bonds. The van der Waals surface area contributed by atoms with Gasteiger partial charge in [-0.2, -0.15) is 0 Å². The van der Waals surface area contributed by atoms with Crippen LogP contribution < -0.4 is 0 Å². The Morgan fingerprint density at radius 3 is 1.44 bits per heavy atom. The van der Waals surface area contributed by atoms with E-state index in [-0.39, 0.29) is 11.9 Å². The summed E-state index contributed by atoms with van der Waals surface area (Å²) >= 11 is 0. The second kappa shape index (κ2) is 6.51. The minimum Gasteiger partial charge on any atom is -0.469 e. The predicted octanol–water partition coefficient (Wildman–Crippen LogP) is 1.92. The molecule has 1 fully saturated rings. The average Bonchev–Trinajstić information content (AvgIpc) is 2.31. The van der Waals surface area contributed by atoms with E-state index in [1.165, 1.54) is 14.2 Å². The van der Waals surface area contributed by atoms with Crippen molar-refractivity contribution < 1.29 is 19.1 Å². The molecule has 1 aliphatic carbocycles. The van der Waals surface area contributed by atoms with Gasteiger partial charge in [-0.3, -0.25) is 9.59 Å². The molecule has 0 aromatic heterocycles. The highest BCUT2D eigenvalue weighted by molar-refractivity contribution is 5.70. The molecule has 0 N–H and O–H groups in total. The molecule has 0 heterocycles. The van der Waals surface area contributed by atoms with Crippen LogP contribution in [0.25, 0.3) is 0 Å².